The number of phenolic OH excluding ortho intramolecular Hbond substituents is 1. The van der Waals surface area contributed by atoms with Crippen LogP contribution in [0.15, 0.2) is 17.6 Å². The number of rotatable bonds is 5. The Morgan fingerprint density at radius 1 is 1.21 bits per heavy atom. The van der Waals surface area contributed by atoms with Crippen molar-refractivity contribution in [2.75, 3.05) is 11.9 Å². The Bertz CT molecular complexity index is 906. The second-order valence-corrected chi connectivity index (χ2v) is 8.45. The molecule has 0 unspecified atom stereocenters. The minimum absolute atomic E-state index is 0.00850. The molecular formula is C18H17Cl2F2N3O3S. The topological polar surface area (TPSA) is 91.3 Å². The molecule has 1 heterocycles. The maximum atomic E-state index is 13.2. The number of thiazole rings is 1. The van der Waals surface area contributed by atoms with E-state index in [1.54, 1.807) is 0 Å². The van der Waals surface area contributed by atoms with E-state index in [1.165, 1.54) is 17.6 Å². The lowest BCUT2D eigenvalue weighted by atomic mass is 9.87. The highest BCUT2D eigenvalue weighted by molar-refractivity contribution is 7.12. The van der Waals surface area contributed by atoms with Crippen LogP contribution in [0.3, 0.4) is 0 Å². The second-order valence-electron chi connectivity index (χ2n) is 6.78. The molecule has 3 rings (SSSR count). The third-order valence-electron chi connectivity index (χ3n) is 4.67. The molecule has 11 heteroatoms. The lowest BCUT2D eigenvalue weighted by molar-refractivity contribution is -0.0452. The summed E-state index contributed by atoms with van der Waals surface area (Å²) in [6, 6.07) is 2.48. The first-order valence-corrected chi connectivity index (χ1v) is 10.4. The van der Waals surface area contributed by atoms with Gasteiger partial charge < -0.3 is 15.7 Å². The smallest absolute Gasteiger partial charge is 0.265 e. The molecule has 2 amide bonds. The zero-order valence-corrected chi connectivity index (χ0v) is 17.3. The van der Waals surface area contributed by atoms with E-state index in [0.717, 1.165) is 11.3 Å². The largest absolute Gasteiger partial charge is 0.505 e. The third kappa shape index (κ3) is 5.34. The van der Waals surface area contributed by atoms with Crippen LogP contribution in [0.1, 0.15) is 45.7 Å². The number of hydrogen-bond acceptors (Lipinski definition) is 5. The van der Waals surface area contributed by atoms with Crippen molar-refractivity contribution in [2.45, 2.75) is 31.6 Å². The van der Waals surface area contributed by atoms with Gasteiger partial charge in [-0.3, -0.25) is 9.59 Å². The number of aromatic hydroxyl groups is 1. The molecule has 6 nitrogen and oxygen atoms in total. The van der Waals surface area contributed by atoms with Crippen LogP contribution in [0.25, 0.3) is 0 Å². The highest BCUT2D eigenvalue weighted by Crippen LogP contribution is 2.36. The molecule has 3 N–H and O–H groups in total. The summed E-state index contributed by atoms with van der Waals surface area (Å²) in [7, 11) is 0. The van der Waals surface area contributed by atoms with Crippen LogP contribution < -0.4 is 10.6 Å². The molecule has 0 atom stereocenters. The normalized spacial score (nSPS) is 16.4. The Kier molecular flexibility index (Phi) is 6.60. The summed E-state index contributed by atoms with van der Waals surface area (Å²) < 4.78 is 26.4. The Morgan fingerprint density at radius 2 is 1.83 bits per heavy atom. The van der Waals surface area contributed by atoms with Gasteiger partial charge in [-0.25, -0.2) is 13.8 Å². The van der Waals surface area contributed by atoms with Gasteiger partial charge in [0.2, 0.25) is 5.92 Å². The predicted molar refractivity (Wildman–Crippen MR) is 107 cm³/mol. The zero-order chi connectivity index (χ0) is 21.2. The molecule has 0 spiro atoms. The summed E-state index contributed by atoms with van der Waals surface area (Å²) in [6.45, 7) is 0.281. The molecule has 156 valence electrons. The molecular weight excluding hydrogens is 447 g/mol. The lowest BCUT2D eigenvalue weighted by Gasteiger charge is -2.28. The van der Waals surface area contributed by atoms with Crippen LogP contribution >= 0.6 is 34.5 Å². The number of carbonyl (C=O) groups is 2. The third-order valence-corrected chi connectivity index (χ3v) is 6.07. The summed E-state index contributed by atoms with van der Waals surface area (Å²) >= 11 is 12.7. The number of amides is 2. The Balaban J connectivity index is 1.61. The summed E-state index contributed by atoms with van der Waals surface area (Å²) in [5.74, 6) is -3.95. The molecule has 0 radical (unpaired) electrons. The van der Waals surface area contributed by atoms with Crippen molar-refractivity contribution in [2.24, 2.45) is 5.92 Å². The van der Waals surface area contributed by atoms with Crippen LogP contribution in [0, 0.1) is 5.92 Å². The summed E-state index contributed by atoms with van der Waals surface area (Å²) in [4.78, 5) is 29.1. The summed E-state index contributed by atoms with van der Waals surface area (Å²) in [5, 5.41) is 14.6. The van der Waals surface area contributed by atoms with Gasteiger partial charge in [-0.1, -0.05) is 23.2 Å². The van der Waals surface area contributed by atoms with Crippen molar-refractivity contribution < 1.29 is 23.5 Å². The van der Waals surface area contributed by atoms with Gasteiger partial charge in [-0.15, -0.1) is 11.3 Å². The first kappa shape index (κ1) is 21.7. The average Bonchev–Trinajstić information content (AvgIpc) is 3.12. The Hall–Kier alpha value is -1.97. The van der Waals surface area contributed by atoms with Gasteiger partial charge in [0.05, 0.1) is 15.6 Å². The van der Waals surface area contributed by atoms with Crippen molar-refractivity contribution in [3.05, 3.63) is 38.1 Å². The van der Waals surface area contributed by atoms with E-state index < -0.39 is 17.7 Å². The van der Waals surface area contributed by atoms with Crippen LogP contribution in [0.5, 0.6) is 5.75 Å². The van der Waals surface area contributed by atoms with Crippen molar-refractivity contribution >= 4 is 52.2 Å². The monoisotopic (exact) mass is 463 g/mol. The number of nitrogens with one attached hydrogen (secondary N) is 2. The highest BCUT2D eigenvalue weighted by Gasteiger charge is 2.35. The van der Waals surface area contributed by atoms with Crippen molar-refractivity contribution in [1.29, 1.82) is 0 Å². The first-order valence-electron chi connectivity index (χ1n) is 8.75. The number of hydrogen-bond donors (Lipinski definition) is 3. The van der Waals surface area contributed by atoms with Gasteiger partial charge >= 0.3 is 0 Å². The predicted octanol–water partition coefficient (Wildman–Crippen LogP) is 4.96. The maximum absolute atomic E-state index is 13.2. The van der Waals surface area contributed by atoms with Crippen LogP contribution in [0.4, 0.5) is 14.6 Å². The standard InChI is InChI=1S/C18H17Cl2F2N3O3S/c19-11-5-10(6-12(20)13(11)26)16(27)25-15-14(29-8-24-15)17(28)23-7-9-1-3-18(21,22)4-2-9/h5-6,8-9,26H,1-4,7H2,(H,23,28)(H,25,27). The number of nitrogens with zero attached hydrogens (tertiary/aromatic N) is 1. The van der Waals surface area contributed by atoms with E-state index in [-0.39, 0.29) is 57.4 Å². The van der Waals surface area contributed by atoms with E-state index in [2.05, 4.69) is 15.6 Å². The fourth-order valence-corrected chi connectivity index (χ4v) is 4.14. The number of halogens is 4. The second kappa shape index (κ2) is 8.81. The van der Waals surface area contributed by atoms with Gasteiger partial charge in [-0.05, 0) is 30.9 Å². The molecule has 1 aromatic heterocycles. The number of anilines is 1. The molecule has 29 heavy (non-hydrogen) atoms. The number of benzene rings is 1. The Labute approximate surface area is 179 Å². The first-order chi connectivity index (χ1) is 13.7. The number of aromatic nitrogens is 1. The van der Waals surface area contributed by atoms with Crippen LogP contribution in [0.2, 0.25) is 10.0 Å². The van der Waals surface area contributed by atoms with E-state index in [1.807, 2.05) is 0 Å². The van der Waals surface area contributed by atoms with Crippen molar-refractivity contribution in [1.82, 2.24) is 10.3 Å². The van der Waals surface area contributed by atoms with Gasteiger partial charge in [0, 0.05) is 24.9 Å². The van der Waals surface area contributed by atoms with E-state index >= 15 is 0 Å². The SMILES string of the molecule is O=C(Nc1ncsc1C(=O)NCC1CCC(F)(F)CC1)c1cc(Cl)c(O)c(Cl)c1. The van der Waals surface area contributed by atoms with Crippen molar-refractivity contribution in [3.63, 3.8) is 0 Å². The molecule has 1 aliphatic carbocycles. The van der Waals surface area contributed by atoms with Crippen LogP contribution in [-0.4, -0.2) is 34.4 Å². The van der Waals surface area contributed by atoms with Gasteiger partial charge in [0.1, 0.15) is 4.88 Å². The molecule has 0 bridgehead atoms. The van der Waals surface area contributed by atoms with Gasteiger partial charge in [-0.2, -0.15) is 0 Å². The minimum atomic E-state index is -2.62. The molecule has 1 saturated carbocycles. The van der Waals surface area contributed by atoms with E-state index in [4.69, 9.17) is 23.2 Å². The van der Waals surface area contributed by atoms with E-state index in [9.17, 15) is 23.5 Å². The fourth-order valence-electron chi connectivity index (χ4n) is 2.99. The summed E-state index contributed by atoms with van der Waals surface area (Å²) in [6.07, 6.45) is 0.351. The highest BCUT2D eigenvalue weighted by atomic mass is 35.5. The number of phenols is 1. The number of carbonyl (C=O) groups excluding carboxylic acids is 2. The zero-order valence-electron chi connectivity index (χ0n) is 15.0. The van der Waals surface area contributed by atoms with Crippen molar-refractivity contribution in [3.8, 4) is 5.75 Å². The maximum Gasteiger partial charge on any atom is 0.265 e. The average molecular weight is 464 g/mol. The quantitative estimate of drug-likeness (QED) is 0.583. The minimum Gasteiger partial charge on any atom is -0.505 e. The van der Waals surface area contributed by atoms with Gasteiger partial charge in [0.15, 0.2) is 11.6 Å². The van der Waals surface area contributed by atoms with E-state index in [0.29, 0.717) is 12.8 Å². The molecule has 0 aliphatic heterocycles. The lowest BCUT2D eigenvalue weighted by Crippen LogP contribution is -2.34. The molecule has 1 aliphatic rings. The molecule has 1 fully saturated rings. The molecule has 2 aromatic rings. The Morgan fingerprint density at radius 3 is 2.45 bits per heavy atom. The number of alkyl halides is 2. The molecule has 1 aromatic carbocycles. The van der Waals surface area contributed by atoms with Gasteiger partial charge in [0.25, 0.3) is 11.8 Å². The fraction of sp³-hybridized carbons (Fsp3) is 0.389. The summed E-state index contributed by atoms with van der Waals surface area (Å²) in [5.41, 5.74) is 1.49. The molecule has 0 saturated heterocycles. The van der Waals surface area contributed by atoms with Crippen LogP contribution in [-0.2, 0) is 0 Å².